The third-order valence-corrected chi connectivity index (χ3v) is 3.44. The molecule has 2 rings (SSSR count). The van der Waals surface area contributed by atoms with Crippen molar-refractivity contribution in [3.63, 3.8) is 0 Å². The zero-order valence-corrected chi connectivity index (χ0v) is 13.0. The van der Waals surface area contributed by atoms with Crippen LogP contribution in [0.5, 0.6) is 5.75 Å². The summed E-state index contributed by atoms with van der Waals surface area (Å²) in [5, 5.41) is 1.53. The Morgan fingerprint density at radius 1 is 1.40 bits per heavy atom. The molecule has 0 radical (unpaired) electrons. The molecule has 0 N–H and O–H groups in total. The molecule has 0 fully saturated rings. The SMILES string of the molecule is CC(=O)n1c(C)c(OCCN(C)C)c2ccc(Cl)cc21. The van der Waals surface area contributed by atoms with Crippen LogP contribution in [0.15, 0.2) is 18.2 Å². The number of benzene rings is 1. The fourth-order valence-electron chi connectivity index (χ4n) is 2.28. The van der Waals surface area contributed by atoms with Crippen molar-refractivity contribution in [2.24, 2.45) is 0 Å². The minimum absolute atomic E-state index is 0.0442. The zero-order valence-electron chi connectivity index (χ0n) is 12.2. The first-order chi connectivity index (χ1) is 9.41. The Morgan fingerprint density at radius 3 is 2.70 bits per heavy atom. The summed E-state index contributed by atoms with van der Waals surface area (Å²) in [5.41, 5.74) is 1.61. The van der Waals surface area contributed by atoms with Gasteiger partial charge in [-0.3, -0.25) is 9.36 Å². The average molecular weight is 295 g/mol. The van der Waals surface area contributed by atoms with Crippen LogP contribution in [0.25, 0.3) is 10.9 Å². The number of ether oxygens (including phenoxy) is 1. The van der Waals surface area contributed by atoms with E-state index in [0.717, 1.165) is 28.9 Å². The maximum Gasteiger partial charge on any atom is 0.228 e. The van der Waals surface area contributed by atoms with Gasteiger partial charge in [0.25, 0.3) is 0 Å². The first-order valence-corrected chi connectivity index (χ1v) is 6.88. The normalized spacial score (nSPS) is 11.3. The Morgan fingerprint density at radius 2 is 2.10 bits per heavy atom. The third-order valence-electron chi connectivity index (χ3n) is 3.21. The van der Waals surface area contributed by atoms with E-state index >= 15 is 0 Å². The van der Waals surface area contributed by atoms with Crippen molar-refractivity contribution in [2.45, 2.75) is 13.8 Å². The summed E-state index contributed by atoms with van der Waals surface area (Å²) in [6.45, 7) is 4.82. The summed E-state index contributed by atoms with van der Waals surface area (Å²) in [6, 6.07) is 5.51. The van der Waals surface area contributed by atoms with Crippen molar-refractivity contribution in [1.82, 2.24) is 9.47 Å². The molecule has 0 atom stereocenters. The number of hydrogen-bond acceptors (Lipinski definition) is 3. The molecule has 20 heavy (non-hydrogen) atoms. The van der Waals surface area contributed by atoms with E-state index in [1.807, 2.05) is 33.2 Å². The minimum atomic E-state index is -0.0442. The van der Waals surface area contributed by atoms with Crippen LogP contribution in [0.4, 0.5) is 0 Å². The summed E-state index contributed by atoms with van der Waals surface area (Å²) in [4.78, 5) is 13.9. The van der Waals surface area contributed by atoms with E-state index in [0.29, 0.717) is 11.6 Å². The second-order valence-corrected chi connectivity index (χ2v) is 5.52. The van der Waals surface area contributed by atoms with E-state index in [1.54, 1.807) is 10.6 Å². The van der Waals surface area contributed by atoms with E-state index in [9.17, 15) is 4.79 Å². The average Bonchev–Trinajstić information content (AvgIpc) is 2.61. The van der Waals surface area contributed by atoms with Gasteiger partial charge in [-0.05, 0) is 39.2 Å². The lowest BCUT2D eigenvalue weighted by atomic mass is 10.2. The Hall–Kier alpha value is -1.52. The largest absolute Gasteiger partial charge is 0.490 e. The lowest BCUT2D eigenvalue weighted by molar-refractivity contribution is 0.0938. The van der Waals surface area contributed by atoms with Gasteiger partial charge < -0.3 is 9.64 Å². The number of halogens is 1. The van der Waals surface area contributed by atoms with E-state index in [-0.39, 0.29) is 5.91 Å². The van der Waals surface area contributed by atoms with Gasteiger partial charge in [-0.15, -0.1) is 0 Å². The van der Waals surface area contributed by atoms with Gasteiger partial charge in [0.1, 0.15) is 12.4 Å². The quantitative estimate of drug-likeness (QED) is 0.868. The van der Waals surface area contributed by atoms with E-state index in [1.165, 1.54) is 6.92 Å². The number of likely N-dealkylation sites (N-methyl/N-ethyl adjacent to an activating group) is 1. The summed E-state index contributed by atoms with van der Waals surface area (Å²) < 4.78 is 7.52. The standard InChI is InChI=1S/C15H19ClN2O2/c1-10-15(20-8-7-17(3)4)13-6-5-12(16)9-14(13)18(10)11(2)19/h5-6,9H,7-8H2,1-4H3. The van der Waals surface area contributed by atoms with Gasteiger partial charge in [0.05, 0.1) is 11.2 Å². The van der Waals surface area contributed by atoms with Gasteiger partial charge in [-0.1, -0.05) is 11.6 Å². The lowest BCUT2D eigenvalue weighted by Gasteiger charge is -2.11. The molecule has 108 valence electrons. The van der Waals surface area contributed by atoms with Crippen molar-refractivity contribution in [2.75, 3.05) is 27.2 Å². The molecule has 0 saturated carbocycles. The summed E-state index contributed by atoms with van der Waals surface area (Å²) >= 11 is 6.03. The van der Waals surface area contributed by atoms with Crippen LogP contribution in [0.2, 0.25) is 5.02 Å². The van der Waals surface area contributed by atoms with Crippen molar-refractivity contribution >= 4 is 28.4 Å². The number of aromatic nitrogens is 1. The number of rotatable bonds is 4. The smallest absolute Gasteiger partial charge is 0.228 e. The van der Waals surface area contributed by atoms with Gasteiger partial charge in [0.2, 0.25) is 5.91 Å². The van der Waals surface area contributed by atoms with Gasteiger partial charge in [0.15, 0.2) is 0 Å². The molecule has 0 bridgehead atoms. The Bertz CT molecular complexity index is 647. The van der Waals surface area contributed by atoms with Crippen LogP contribution in [0.1, 0.15) is 17.4 Å². The van der Waals surface area contributed by atoms with Crippen molar-refractivity contribution in [3.8, 4) is 5.75 Å². The van der Waals surface area contributed by atoms with Crippen LogP contribution >= 0.6 is 11.6 Å². The monoisotopic (exact) mass is 294 g/mol. The lowest BCUT2D eigenvalue weighted by Crippen LogP contribution is -2.19. The van der Waals surface area contributed by atoms with Gasteiger partial charge in [-0.25, -0.2) is 0 Å². The van der Waals surface area contributed by atoms with Gasteiger partial charge >= 0.3 is 0 Å². The maximum absolute atomic E-state index is 11.8. The molecule has 0 unspecified atom stereocenters. The highest BCUT2D eigenvalue weighted by Gasteiger charge is 2.18. The van der Waals surface area contributed by atoms with Crippen molar-refractivity contribution in [1.29, 1.82) is 0 Å². The maximum atomic E-state index is 11.8. The molecule has 0 aliphatic heterocycles. The molecule has 0 spiro atoms. The van der Waals surface area contributed by atoms with Crippen LogP contribution in [-0.4, -0.2) is 42.6 Å². The predicted molar refractivity (Wildman–Crippen MR) is 82.0 cm³/mol. The molecule has 2 aromatic rings. The first-order valence-electron chi connectivity index (χ1n) is 6.51. The Kier molecular flexibility index (Phi) is 4.35. The second-order valence-electron chi connectivity index (χ2n) is 5.08. The zero-order chi connectivity index (χ0) is 14.9. The van der Waals surface area contributed by atoms with Gasteiger partial charge in [-0.2, -0.15) is 0 Å². The molecule has 1 aromatic carbocycles. The van der Waals surface area contributed by atoms with E-state index < -0.39 is 0 Å². The number of fused-ring (bicyclic) bond motifs is 1. The minimum Gasteiger partial charge on any atom is -0.490 e. The predicted octanol–water partition coefficient (Wildman–Crippen LogP) is 3.20. The molecular formula is C15H19ClN2O2. The third kappa shape index (κ3) is 2.81. The molecule has 1 aromatic heterocycles. The topological polar surface area (TPSA) is 34.5 Å². The molecule has 1 heterocycles. The summed E-state index contributed by atoms with van der Waals surface area (Å²) in [7, 11) is 3.99. The highest BCUT2D eigenvalue weighted by Crippen LogP contribution is 2.34. The highest BCUT2D eigenvalue weighted by molar-refractivity contribution is 6.31. The van der Waals surface area contributed by atoms with Crippen molar-refractivity contribution < 1.29 is 9.53 Å². The Balaban J connectivity index is 2.48. The molecule has 0 amide bonds. The van der Waals surface area contributed by atoms with E-state index in [4.69, 9.17) is 16.3 Å². The molecule has 5 heteroatoms. The Labute approximate surface area is 123 Å². The second kappa shape index (κ2) is 5.85. The molecule has 4 nitrogen and oxygen atoms in total. The molecule has 0 aliphatic carbocycles. The van der Waals surface area contributed by atoms with Crippen molar-refractivity contribution in [3.05, 3.63) is 28.9 Å². The van der Waals surface area contributed by atoms with Crippen LogP contribution in [-0.2, 0) is 0 Å². The van der Waals surface area contributed by atoms with Gasteiger partial charge in [0, 0.05) is 23.9 Å². The molecule has 0 aliphatic rings. The molecule has 0 saturated heterocycles. The first kappa shape index (κ1) is 14.9. The number of carbonyl (C=O) groups excluding carboxylic acids is 1. The fraction of sp³-hybridized carbons (Fsp3) is 0.400. The summed E-state index contributed by atoms with van der Waals surface area (Å²) in [5.74, 6) is 0.714. The number of hydrogen-bond donors (Lipinski definition) is 0. The molecular weight excluding hydrogens is 276 g/mol. The fourth-order valence-corrected chi connectivity index (χ4v) is 2.44. The van der Waals surface area contributed by atoms with Crippen LogP contribution < -0.4 is 4.74 Å². The number of nitrogens with zero attached hydrogens (tertiary/aromatic N) is 2. The number of carbonyl (C=O) groups is 1. The van der Waals surface area contributed by atoms with Crippen LogP contribution in [0, 0.1) is 6.92 Å². The highest BCUT2D eigenvalue weighted by atomic mass is 35.5. The van der Waals surface area contributed by atoms with Crippen LogP contribution in [0.3, 0.4) is 0 Å². The summed E-state index contributed by atoms with van der Waals surface area (Å²) in [6.07, 6.45) is 0. The van der Waals surface area contributed by atoms with E-state index in [2.05, 4.69) is 4.90 Å².